The highest BCUT2D eigenvalue weighted by Gasteiger charge is 2.23. The van der Waals surface area contributed by atoms with Crippen LogP contribution in [0.1, 0.15) is 11.3 Å². The number of hydrogen-bond acceptors (Lipinski definition) is 5. The van der Waals surface area contributed by atoms with Crippen LogP contribution in [0.15, 0.2) is 170 Å². The maximum atomic E-state index is 9.58. The van der Waals surface area contributed by atoms with Gasteiger partial charge in [0.05, 0.1) is 34.4 Å². The van der Waals surface area contributed by atoms with Gasteiger partial charge in [0.1, 0.15) is 6.07 Å². The number of benzene rings is 6. The first-order chi connectivity index (χ1) is 27.7. The number of rotatable bonds is 5. The lowest BCUT2D eigenvalue weighted by molar-refractivity contribution is 1.25. The molecule has 0 fully saturated rings. The first-order valence-corrected chi connectivity index (χ1v) is 18.4. The fourth-order valence-electron chi connectivity index (χ4n) is 8.18. The molecule has 0 N–H and O–H groups in total. The summed E-state index contributed by atoms with van der Waals surface area (Å²) >= 11 is 0. The lowest BCUT2D eigenvalue weighted by Gasteiger charge is -2.23. The number of nitriles is 2. The minimum atomic E-state index is 0.388. The molecular weight excluding hydrogens is 685 g/mol. The van der Waals surface area contributed by atoms with Crippen LogP contribution in [-0.4, -0.2) is 21.5 Å². The summed E-state index contributed by atoms with van der Waals surface area (Å²) in [5.41, 5.74) is 10.4. The second kappa shape index (κ2) is 13.5. The van der Waals surface area contributed by atoms with Gasteiger partial charge in [-0.15, -0.1) is 0 Å². The van der Waals surface area contributed by atoms with Crippen LogP contribution in [0.4, 0.5) is 0 Å². The molecule has 56 heavy (non-hydrogen) atoms. The Kier molecular flexibility index (Phi) is 7.87. The molecule has 6 aromatic carbocycles. The van der Waals surface area contributed by atoms with Crippen LogP contribution in [0.3, 0.4) is 0 Å². The molecule has 0 atom stereocenters. The average molecular weight is 714 g/mol. The Bertz CT molecular complexity index is 3120. The van der Waals surface area contributed by atoms with E-state index in [0.717, 1.165) is 99.3 Å². The molecule has 260 valence electrons. The summed E-state index contributed by atoms with van der Waals surface area (Å²) in [7, 11) is 0. The van der Waals surface area contributed by atoms with E-state index in [-0.39, 0.29) is 0 Å². The van der Waals surface area contributed by atoms with Gasteiger partial charge in [0.15, 0.2) is 0 Å². The maximum absolute atomic E-state index is 9.58. The number of pyridine rings is 3. The van der Waals surface area contributed by atoms with Gasteiger partial charge >= 0.3 is 0 Å². The lowest BCUT2D eigenvalue weighted by Crippen LogP contribution is -1.98. The molecule has 1 aliphatic rings. The smallest absolute Gasteiger partial charge is 0.101 e. The van der Waals surface area contributed by atoms with Crippen molar-refractivity contribution in [2.24, 2.45) is 0 Å². The van der Waals surface area contributed by atoms with Gasteiger partial charge in [0.25, 0.3) is 0 Å². The maximum Gasteiger partial charge on any atom is 0.101 e. The lowest BCUT2D eigenvalue weighted by atomic mass is 9.82. The summed E-state index contributed by atoms with van der Waals surface area (Å²) in [6.07, 6.45) is 7.01. The van der Waals surface area contributed by atoms with Crippen LogP contribution in [0, 0.1) is 22.7 Å². The van der Waals surface area contributed by atoms with Gasteiger partial charge < -0.3 is 5.32 Å². The van der Waals surface area contributed by atoms with Crippen molar-refractivity contribution in [1.82, 2.24) is 15.0 Å². The quantitative estimate of drug-likeness (QED) is 0.165. The van der Waals surface area contributed by atoms with Crippen molar-refractivity contribution >= 4 is 48.7 Å². The van der Waals surface area contributed by atoms with E-state index in [9.17, 15) is 10.5 Å². The molecule has 3 aromatic heterocycles. The van der Waals surface area contributed by atoms with Crippen LogP contribution >= 0.6 is 0 Å². The van der Waals surface area contributed by atoms with Gasteiger partial charge in [-0.3, -0.25) is 4.98 Å². The van der Waals surface area contributed by atoms with Gasteiger partial charge in [-0.2, -0.15) is 16.7 Å². The zero-order valence-electron chi connectivity index (χ0n) is 30.0. The number of aromatic nitrogens is 3. The molecule has 6 heteroatoms. The van der Waals surface area contributed by atoms with Crippen LogP contribution < -0.4 is 0 Å². The summed E-state index contributed by atoms with van der Waals surface area (Å²) < 4.78 is 0. The first-order valence-electron chi connectivity index (χ1n) is 18.4. The second-order valence-electron chi connectivity index (χ2n) is 13.8. The Morgan fingerprint density at radius 2 is 0.911 bits per heavy atom. The Hall–Kier alpha value is -7.93. The van der Waals surface area contributed by atoms with Gasteiger partial charge in [0.2, 0.25) is 0 Å². The van der Waals surface area contributed by atoms with E-state index in [0.29, 0.717) is 17.7 Å². The van der Waals surface area contributed by atoms with E-state index in [1.54, 1.807) is 18.6 Å². The van der Waals surface area contributed by atoms with E-state index in [2.05, 4.69) is 132 Å². The molecule has 6 nitrogen and oxygen atoms in total. The van der Waals surface area contributed by atoms with Crippen LogP contribution in [0.5, 0.6) is 0 Å². The number of nitrogens with zero attached hydrogens (tertiary/aromatic N) is 6. The van der Waals surface area contributed by atoms with Gasteiger partial charge in [-0.05, 0) is 96.2 Å². The van der Waals surface area contributed by atoms with Crippen molar-refractivity contribution in [3.63, 3.8) is 0 Å². The highest BCUT2D eigenvalue weighted by molar-refractivity contribution is 6.29. The number of hydrogen-bond donors (Lipinski definition) is 0. The van der Waals surface area contributed by atoms with E-state index in [4.69, 9.17) is 9.97 Å². The third-order valence-electron chi connectivity index (χ3n) is 10.5. The molecule has 0 spiro atoms. The molecular formula is C50H29N6-. The highest BCUT2D eigenvalue weighted by atomic mass is 14.8. The third kappa shape index (κ3) is 5.37. The molecule has 0 amide bonds. The van der Waals surface area contributed by atoms with Crippen molar-refractivity contribution in [3.05, 3.63) is 186 Å². The van der Waals surface area contributed by atoms with Gasteiger partial charge in [0, 0.05) is 34.7 Å². The molecule has 0 unspecified atom stereocenters. The first kappa shape index (κ1) is 32.7. The second-order valence-corrected chi connectivity index (χ2v) is 13.8. The molecule has 0 saturated heterocycles. The summed E-state index contributed by atoms with van der Waals surface area (Å²) in [6, 6.07) is 52.9. The summed E-state index contributed by atoms with van der Waals surface area (Å²) in [4.78, 5) is 14.7. The molecule has 1 aliphatic heterocycles. The third-order valence-corrected chi connectivity index (χ3v) is 10.5. The van der Waals surface area contributed by atoms with E-state index in [1.165, 1.54) is 0 Å². The number of fused-ring (bicyclic) bond motifs is 4. The van der Waals surface area contributed by atoms with Crippen molar-refractivity contribution in [2.75, 3.05) is 6.54 Å². The zero-order valence-corrected chi connectivity index (χ0v) is 30.0. The molecule has 9 aromatic rings. The molecule has 0 bridgehead atoms. The van der Waals surface area contributed by atoms with Crippen molar-refractivity contribution < 1.29 is 0 Å². The SMILES string of the molecule is N#CC1=CC(c2cccc(-c3c4ccccc4c(-c4c5ccccc5c(-c5cccc(-c6cncc(C#N)c6)n5)c5ccccc45)c4ccccc34)n2)=C[N-]C1. The standard InChI is InChI=1S/C50H29N6/c51-25-31-23-33(29-53-27-31)43-19-9-21-45(55-43)47-35-11-1-5-15-39(35)49(40-16-6-2-12-36(40)47)50-41-17-7-3-13-37(41)48(38-14-4-8-18-42(38)50)46-22-10-20-44(56-46)34-24-32(26-52)28-54-30-34/h1-24,27,29-30H,28H2/q-1. The van der Waals surface area contributed by atoms with Crippen LogP contribution in [-0.2, 0) is 0 Å². The van der Waals surface area contributed by atoms with Crippen molar-refractivity contribution in [3.8, 4) is 57.0 Å². The monoisotopic (exact) mass is 713 g/mol. The molecule has 10 rings (SSSR count). The molecule has 0 saturated carbocycles. The molecule has 0 aliphatic carbocycles. The van der Waals surface area contributed by atoms with Crippen LogP contribution in [0.25, 0.3) is 98.9 Å². The minimum Gasteiger partial charge on any atom is -0.686 e. The predicted octanol–water partition coefficient (Wildman–Crippen LogP) is 12.2. The predicted molar refractivity (Wildman–Crippen MR) is 226 cm³/mol. The van der Waals surface area contributed by atoms with E-state index < -0.39 is 0 Å². The topological polar surface area (TPSA) is 100 Å². The summed E-state index contributed by atoms with van der Waals surface area (Å²) in [6.45, 7) is 0.388. The Balaban J connectivity index is 1.26. The van der Waals surface area contributed by atoms with Gasteiger partial charge in [-0.25, -0.2) is 9.97 Å². The van der Waals surface area contributed by atoms with Crippen LogP contribution in [0.2, 0.25) is 0 Å². The molecule has 0 radical (unpaired) electrons. The van der Waals surface area contributed by atoms with Crippen molar-refractivity contribution in [2.45, 2.75) is 0 Å². The summed E-state index contributed by atoms with van der Waals surface area (Å²) in [5.74, 6) is 0. The highest BCUT2D eigenvalue weighted by Crippen LogP contribution is 2.49. The average Bonchev–Trinajstić information content (AvgIpc) is 3.27. The summed E-state index contributed by atoms with van der Waals surface area (Å²) in [5, 5.41) is 32.4. The minimum absolute atomic E-state index is 0.388. The Morgan fingerprint density at radius 1 is 0.464 bits per heavy atom. The number of allylic oxidation sites excluding steroid dienone is 2. The Labute approximate surface area is 323 Å². The fourth-order valence-corrected chi connectivity index (χ4v) is 8.18. The zero-order chi connectivity index (χ0) is 37.6. The van der Waals surface area contributed by atoms with E-state index in [1.807, 2.05) is 36.4 Å². The van der Waals surface area contributed by atoms with E-state index >= 15 is 0 Å². The van der Waals surface area contributed by atoms with Gasteiger partial charge in [-0.1, -0.05) is 116 Å². The fraction of sp³-hybridized carbons (Fsp3) is 0.0200. The largest absolute Gasteiger partial charge is 0.686 e. The molecule has 4 heterocycles. The Morgan fingerprint density at radius 3 is 1.39 bits per heavy atom. The normalized spacial score (nSPS) is 12.5. The van der Waals surface area contributed by atoms with Crippen molar-refractivity contribution in [1.29, 1.82) is 10.5 Å².